The summed E-state index contributed by atoms with van der Waals surface area (Å²) in [4.78, 5) is 12.2. The van der Waals surface area contributed by atoms with E-state index in [1.807, 2.05) is 0 Å². The Kier molecular flexibility index (Phi) is 9.54. The van der Waals surface area contributed by atoms with Gasteiger partial charge in [0.05, 0.1) is 28.1 Å². The van der Waals surface area contributed by atoms with Crippen LogP contribution < -0.4 is 34.9 Å². The number of nitrogens with one attached hydrogen (secondary N) is 1. The number of carbonyl (C=O) groups is 1. The van der Waals surface area contributed by atoms with Crippen molar-refractivity contribution in [2.24, 2.45) is 46.3 Å². The van der Waals surface area contributed by atoms with Crippen molar-refractivity contribution >= 4 is 16.0 Å². The summed E-state index contributed by atoms with van der Waals surface area (Å²) in [6.45, 7) is 6.78. The Morgan fingerprint density at radius 3 is 2.49 bits per heavy atom. The van der Waals surface area contributed by atoms with Crippen LogP contribution in [0.4, 0.5) is 0 Å². The molecule has 0 aromatic heterocycles. The van der Waals surface area contributed by atoms with Crippen LogP contribution in [0.15, 0.2) is 0 Å². The Morgan fingerprint density at radius 1 is 1.09 bits per heavy atom. The maximum Gasteiger partial charge on any atom is 1.00 e. The first-order valence-electron chi connectivity index (χ1n) is 13.4. The molecule has 4 rings (SSSR count). The third kappa shape index (κ3) is 5.84. The molecule has 35 heavy (non-hydrogen) atoms. The average molecular weight is 522 g/mol. The molecule has 0 heterocycles. The van der Waals surface area contributed by atoms with Crippen LogP contribution in [0.5, 0.6) is 0 Å². The van der Waals surface area contributed by atoms with Crippen LogP contribution in [0, 0.1) is 46.3 Å². The maximum atomic E-state index is 12.2. The molecule has 1 amide bonds. The number of carbonyl (C=O) groups excluding carboxylic acids is 1. The van der Waals surface area contributed by atoms with Crippen molar-refractivity contribution in [3.8, 4) is 0 Å². The van der Waals surface area contributed by atoms with Crippen LogP contribution in [0.2, 0.25) is 0 Å². The molecule has 4 aliphatic rings. The van der Waals surface area contributed by atoms with Crippen LogP contribution in [0.3, 0.4) is 0 Å². The molecule has 4 fully saturated rings. The van der Waals surface area contributed by atoms with E-state index < -0.39 is 15.9 Å². The van der Waals surface area contributed by atoms with Crippen LogP contribution in [-0.2, 0) is 14.9 Å². The van der Waals surface area contributed by atoms with Gasteiger partial charge in [-0.05, 0) is 104 Å². The number of hydrogen-bond donors (Lipinski definition) is 3. The van der Waals surface area contributed by atoms with Gasteiger partial charge in [-0.15, -0.1) is 0 Å². The molecule has 0 aromatic carbocycles. The molecule has 4 aliphatic carbocycles. The second kappa shape index (κ2) is 11.2. The second-order valence-corrected chi connectivity index (χ2v) is 14.0. The summed E-state index contributed by atoms with van der Waals surface area (Å²) in [5, 5.41) is 24.4. The molecule has 0 radical (unpaired) electrons. The molecule has 7 nitrogen and oxygen atoms in total. The normalized spacial score (nSPS) is 43.8. The van der Waals surface area contributed by atoms with E-state index in [1.54, 1.807) is 0 Å². The topological polar surface area (TPSA) is 127 Å². The predicted octanol–water partition coefficient (Wildman–Crippen LogP) is 0.0587. The van der Waals surface area contributed by atoms with Gasteiger partial charge in [0, 0.05) is 13.0 Å². The number of rotatable bonds is 7. The van der Waals surface area contributed by atoms with Crippen LogP contribution in [-0.4, -0.2) is 53.6 Å². The molecule has 0 aliphatic heterocycles. The second-order valence-electron chi connectivity index (χ2n) is 12.5. The molecule has 196 valence electrons. The van der Waals surface area contributed by atoms with E-state index in [-0.39, 0.29) is 71.0 Å². The van der Waals surface area contributed by atoms with E-state index >= 15 is 0 Å². The molecule has 0 saturated heterocycles. The first-order valence-corrected chi connectivity index (χ1v) is 15.0. The minimum Gasteiger partial charge on any atom is -0.748 e. The molecule has 9 heteroatoms. The molecular formula is C26H44NNaO6S. The monoisotopic (exact) mass is 521 g/mol. The molecule has 0 aromatic rings. The SMILES string of the molecule is C[C@@H](CCC(=O)NCCS(=O)(=O)[O-])[C@@H]1CC[C@@H]2[C@H]3CC[C@H]4C[C@@H](O)CC[C@@]4(C)[C@@H]3C[C@@H](O)[C@]21C.[Na+]. The first kappa shape index (κ1) is 29.9. The number of aliphatic hydroxyl groups excluding tert-OH is 2. The van der Waals surface area contributed by atoms with Crippen LogP contribution >= 0.6 is 0 Å². The van der Waals surface area contributed by atoms with Gasteiger partial charge < -0.3 is 20.1 Å². The molecule has 0 bridgehead atoms. The van der Waals surface area contributed by atoms with Gasteiger partial charge >= 0.3 is 29.6 Å². The van der Waals surface area contributed by atoms with Crippen molar-refractivity contribution in [2.75, 3.05) is 12.3 Å². The van der Waals surface area contributed by atoms with E-state index in [9.17, 15) is 28.0 Å². The van der Waals surface area contributed by atoms with Crippen molar-refractivity contribution < 1.29 is 57.5 Å². The fraction of sp³-hybridized carbons (Fsp3) is 0.962. The molecule has 0 unspecified atom stereocenters. The third-order valence-corrected chi connectivity index (χ3v) is 11.7. The molecule has 0 spiro atoms. The van der Waals surface area contributed by atoms with Crippen LogP contribution in [0.25, 0.3) is 0 Å². The van der Waals surface area contributed by atoms with Crippen molar-refractivity contribution in [1.82, 2.24) is 5.32 Å². The summed E-state index contributed by atoms with van der Waals surface area (Å²) in [5.41, 5.74) is 0.0922. The smallest absolute Gasteiger partial charge is 0.748 e. The van der Waals surface area contributed by atoms with Gasteiger partial charge in [-0.25, -0.2) is 8.42 Å². The largest absolute Gasteiger partial charge is 1.00 e. The Balaban J connectivity index is 0.00000342. The van der Waals surface area contributed by atoms with E-state index in [2.05, 4.69) is 26.1 Å². The summed E-state index contributed by atoms with van der Waals surface area (Å²) in [6.07, 6.45) is 8.85. The summed E-state index contributed by atoms with van der Waals surface area (Å²) < 4.78 is 32.2. The summed E-state index contributed by atoms with van der Waals surface area (Å²) in [5.74, 6) is 2.10. The number of amides is 1. The first-order chi connectivity index (χ1) is 15.9. The molecule has 4 saturated carbocycles. The summed E-state index contributed by atoms with van der Waals surface area (Å²) in [7, 11) is -4.32. The maximum absolute atomic E-state index is 12.2. The zero-order valence-corrected chi connectivity index (χ0v) is 24.9. The molecule has 10 atom stereocenters. The Morgan fingerprint density at radius 2 is 1.80 bits per heavy atom. The average Bonchev–Trinajstić information content (AvgIpc) is 3.11. The Bertz CT molecular complexity index is 870. The fourth-order valence-corrected chi connectivity index (χ4v) is 9.48. The summed E-state index contributed by atoms with van der Waals surface area (Å²) in [6, 6.07) is 0. The van der Waals surface area contributed by atoms with E-state index in [0.29, 0.717) is 42.4 Å². The quantitative estimate of drug-likeness (QED) is 0.321. The fourth-order valence-electron chi connectivity index (χ4n) is 9.12. The van der Waals surface area contributed by atoms with Gasteiger partial charge in [-0.2, -0.15) is 0 Å². The van der Waals surface area contributed by atoms with Crippen molar-refractivity contribution in [2.45, 2.75) is 97.2 Å². The Hall–Kier alpha value is 0.300. The van der Waals surface area contributed by atoms with Gasteiger partial charge in [0.1, 0.15) is 0 Å². The predicted molar refractivity (Wildman–Crippen MR) is 129 cm³/mol. The zero-order chi connectivity index (χ0) is 24.9. The van der Waals surface area contributed by atoms with E-state index in [4.69, 9.17) is 0 Å². The van der Waals surface area contributed by atoms with E-state index in [1.165, 1.54) is 12.8 Å². The van der Waals surface area contributed by atoms with Crippen molar-refractivity contribution in [3.05, 3.63) is 0 Å². The molecule has 3 N–H and O–H groups in total. The standard InChI is InChI=1S/C26H45NO6S.Na/c1-16(4-9-24(30)27-12-13-34(31,32)33)20-7-8-21-19-6-5-17-14-18(28)10-11-25(17,2)22(19)15-23(29)26(20,21)3;/h16-23,28-29H,4-15H2,1-3H3,(H,27,30)(H,31,32,33);/q;+1/p-1/t16-,17-,18-,19+,20-,21+,22+,23+,25+,26-;/m0./s1. The van der Waals surface area contributed by atoms with Crippen molar-refractivity contribution in [3.63, 3.8) is 0 Å². The Labute approximate surface area is 233 Å². The van der Waals surface area contributed by atoms with Gasteiger partial charge in [0.2, 0.25) is 5.91 Å². The van der Waals surface area contributed by atoms with Crippen molar-refractivity contribution in [1.29, 1.82) is 0 Å². The number of aliphatic hydroxyl groups is 2. The third-order valence-electron chi connectivity index (χ3n) is 11.0. The number of hydrogen-bond acceptors (Lipinski definition) is 6. The molecular weight excluding hydrogens is 477 g/mol. The minimum absolute atomic E-state index is 0. The summed E-state index contributed by atoms with van der Waals surface area (Å²) >= 11 is 0. The van der Waals surface area contributed by atoms with Gasteiger partial charge in [0.15, 0.2) is 0 Å². The zero-order valence-electron chi connectivity index (χ0n) is 22.0. The van der Waals surface area contributed by atoms with Crippen LogP contribution in [0.1, 0.15) is 85.0 Å². The minimum atomic E-state index is -4.32. The van der Waals surface area contributed by atoms with Gasteiger partial charge in [0.25, 0.3) is 0 Å². The van der Waals surface area contributed by atoms with E-state index in [0.717, 1.165) is 38.5 Å². The van der Waals surface area contributed by atoms with Gasteiger partial charge in [-0.3, -0.25) is 4.79 Å². The number of fused-ring (bicyclic) bond motifs is 5. The van der Waals surface area contributed by atoms with Gasteiger partial charge in [-0.1, -0.05) is 20.8 Å².